The van der Waals surface area contributed by atoms with Crippen molar-refractivity contribution in [2.45, 2.75) is 58.2 Å². The van der Waals surface area contributed by atoms with Gasteiger partial charge >= 0.3 is 0 Å². The number of anilines is 1. The predicted octanol–water partition coefficient (Wildman–Crippen LogP) is 4.70. The summed E-state index contributed by atoms with van der Waals surface area (Å²) in [4.78, 5) is 29.1. The number of amides is 2. The van der Waals surface area contributed by atoms with Crippen molar-refractivity contribution in [2.24, 2.45) is 0 Å². The van der Waals surface area contributed by atoms with Crippen LogP contribution in [0.3, 0.4) is 0 Å². The first kappa shape index (κ1) is 32.8. The zero-order valence-corrected chi connectivity index (χ0v) is 26.4. The molecule has 4 rings (SSSR count). The molecular weight excluding hydrogens is 585 g/mol. The molecule has 0 bridgehead atoms. The monoisotopic (exact) mass is 625 g/mol. The Morgan fingerprint density at radius 2 is 1.59 bits per heavy atom. The van der Waals surface area contributed by atoms with Gasteiger partial charge in [-0.1, -0.05) is 42.5 Å². The highest BCUT2D eigenvalue weighted by molar-refractivity contribution is 7.92. The minimum atomic E-state index is -3.69. The van der Waals surface area contributed by atoms with E-state index in [0.29, 0.717) is 36.0 Å². The number of hydrogen-bond donors (Lipinski definition) is 1. The van der Waals surface area contributed by atoms with Crippen molar-refractivity contribution >= 4 is 27.5 Å². The topological polar surface area (TPSA) is 105 Å². The molecule has 3 aromatic rings. The number of rotatable bonds is 12. The predicted molar refractivity (Wildman–Crippen MR) is 168 cm³/mol. The minimum absolute atomic E-state index is 0.0220. The summed E-state index contributed by atoms with van der Waals surface area (Å²) in [5, 5.41) is 3.01. The third-order valence-corrected chi connectivity index (χ3v) is 8.20. The largest absolute Gasteiger partial charge is 0.486 e. The van der Waals surface area contributed by atoms with E-state index in [0.717, 1.165) is 11.8 Å². The number of hydrogen-bond acceptors (Lipinski definition) is 6. The van der Waals surface area contributed by atoms with Gasteiger partial charge in [0.1, 0.15) is 25.1 Å². The number of carbonyl (C=O) groups excluding carboxylic acids is 2. The lowest BCUT2D eigenvalue weighted by molar-refractivity contribution is -0.142. The Balaban J connectivity index is 1.58. The summed E-state index contributed by atoms with van der Waals surface area (Å²) in [6, 6.07) is 19.3. The second-order valence-electron chi connectivity index (χ2n) is 11.9. The van der Waals surface area contributed by atoms with Gasteiger partial charge in [0.2, 0.25) is 21.8 Å². The van der Waals surface area contributed by atoms with Crippen molar-refractivity contribution in [1.29, 1.82) is 0 Å². The normalized spacial score (nSPS) is 13.6. The molecule has 0 saturated carbocycles. The molecule has 1 aliphatic rings. The number of fused-ring (bicyclic) bond motifs is 1. The molecule has 2 amide bonds. The fourth-order valence-electron chi connectivity index (χ4n) is 4.98. The third-order valence-electron chi connectivity index (χ3n) is 7.00. The fraction of sp³-hybridized carbons (Fsp3) is 0.394. The van der Waals surface area contributed by atoms with Crippen LogP contribution in [0, 0.1) is 5.82 Å². The fourth-order valence-corrected chi connectivity index (χ4v) is 5.94. The second kappa shape index (κ2) is 14.1. The number of benzene rings is 3. The molecule has 11 heteroatoms. The zero-order chi connectivity index (χ0) is 31.9. The molecule has 236 valence electrons. The smallest absolute Gasteiger partial charge is 0.243 e. The standard InChI is InChI=1S/C33H40FN3O6S/c1-33(2,3)35-32(39)28(21-24-9-6-5-7-10-24)36(23-25-12-14-26(34)15-13-25)31(38)11-8-18-37(44(4,40)41)27-16-17-29-30(22-27)43-20-19-42-29/h5-7,9-10,12-17,22,28H,8,11,18-21,23H2,1-4H3,(H,35,39)/t28-/m0/s1. The quantitative estimate of drug-likeness (QED) is 0.313. The first-order valence-electron chi connectivity index (χ1n) is 14.6. The number of nitrogens with one attached hydrogen (secondary N) is 1. The van der Waals surface area contributed by atoms with E-state index in [1.165, 1.54) is 21.3 Å². The van der Waals surface area contributed by atoms with Gasteiger partial charge in [0, 0.05) is 37.5 Å². The molecule has 1 N–H and O–H groups in total. The van der Waals surface area contributed by atoms with Crippen molar-refractivity contribution in [1.82, 2.24) is 10.2 Å². The highest BCUT2D eigenvalue weighted by atomic mass is 32.2. The summed E-state index contributed by atoms with van der Waals surface area (Å²) >= 11 is 0. The van der Waals surface area contributed by atoms with Crippen LogP contribution >= 0.6 is 0 Å². The van der Waals surface area contributed by atoms with Crippen LogP contribution < -0.4 is 19.1 Å². The van der Waals surface area contributed by atoms with Crippen LogP contribution in [0.1, 0.15) is 44.7 Å². The lowest BCUT2D eigenvalue weighted by Gasteiger charge is -2.34. The van der Waals surface area contributed by atoms with Crippen molar-refractivity contribution in [3.63, 3.8) is 0 Å². The van der Waals surface area contributed by atoms with Gasteiger partial charge in [0.25, 0.3) is 0 Å². The highest BCUT2D eigenvalue weighted by Gasteiger charge is 2.32. The molecule has 0 aliphatic carbocycles. The van der Waals surface area contributed by atoms with Gasteiger partial charge in [-0.05, 0) is 62.6 Å². The van der Waals surface area contributed by atoms with Crippen LogP contribution in [-0.4, -0.2) is 62.7 Å². The number of nitrogens with zero attached hydrogens (tertiary/aromatic N) is 2. The maximum absolute atomic E-state index is 13.9. The van der Waals surface area contributed by atoms with Crippen molar-refractivity contribution in [3.05, 3.63) is 89.7 Å². The van der Waals surface area contributed by atoms with Crippen molar-refractivity contribution in [2.75, 3.05) is 30.3 Å². The summed E-state index contributed by atoms with van der Waals surface area (Å²) < 4.78 is 51.7. The summed E-state index contributed by atoms with van der Waals surface area (Å²) in [6.45, 7) is 6.49. The maximum Gasteiger partial charge on any atom is 0.243 e. The molecule has 0 unspecified atom stereocenters. The first-order chi connectivity index (χ1) is 20.8. The zero-order valence-electron chi connectivity index (χ0n) is 25.6. The summed E-state index contributed by atoms with van der Waals surface area (Å²) in [6.07, 6.45) is 1.55. The Bertz CT molecular complexity index is 1540. The van der Waals surface area contributed by atoms with E-state index in [2.05, 4.69) is 5.32 Å². The number of halogens is 1. The van der Waals surface area contributed by atoms with Crippen LogP contribution in [0.25, 0.3) is 0 Å². The molecular formula is C33H40FN3O6S. The molecule has 44 heavy (non-hydrogen) atoms. The molecule has 3 aromatic carbocycles. The van der Waals surface area contributed by atoms with E-state index >= 15 is 0 Å². The number of sulfonamides is 1. The molecule has 1 heterocycles. The van der Waals surface area contributed by atoms with E-state index in [1.807, 2.05) is 51.1 Å². The second-order valence-corrected chi connectivity index (χ2v) is 13.8. The maximum atomic E-state index is 13.9. The van der Waals surface area contributed by atoms with Crippen LogP contribution in [0.2, 0.25) is 0 Å². The average molecular weight is 626 g/mol. The Labute approximate surface area is 259 Å². The van der Waals surface area contributed by atoms with Gasteiger partial charge in [0.05, 0.1) is 11.9 Å². The van der Waals surface area contributed by atoms with Gasteiger partial charge in [-0.3, -0.25) is 13.9 Å². The number of ether oxygens (including phenoxy) is 2. The lowest BCUT2D eigenvalue weighted by Crippen LogP contribution is -2.54. The van der Waals surface area contributed by atoms with E-state index in [-0.39, 0.29) is 44.2 Å². The van der Waals surface area contributed by atoms with Gasteiger partial charge in [0.15, 0.2) is 11.5 Å². The van der Waals surface area contributed by atoms with E-state index in [4.69, 9.17) is 9.47 Å². The summed E-state index contributed by atoms with van der Waals surface area (Å²) in [7, 11) is -3.69. The van der Waals surface area contributed by atoms with E-state index in [1.54, 1.807) is 30.3 Å². The van der Waals surface area contributed by atoms with Gasteiger partial charge in [-0.15, -0.1) is 0 Å². The average Bonchev–Trinajstić information content (AvgIpc) is 2.96. The van der Waals surface area contributed by atoms with Crippen LogP contribution in [0.15, 0.2) is 72.8 Å². The SMILES string of the molecule is CC(C)(C)NC(=O)[C@H](Cc1ccccc1)N(Cc1ccc(F)cc1)C(=O)CCCN(c1ccc2c(c1)OCCO2)S(C)(=O)=O. The van der Waals surface area contributed by atoms with E-state index < -0.39 is 27.4 Å². The van der Waals surface area contributed by atoms with Gasteiger partial charge in [-0.25, -0.2) is 12.8 Å². The summed E-state index contributed by atoms with van der Waals surface area (Å²) in [5.41, 5.74) is 1.39. The summed E-state index contributed by atoms with van der Waals surface area (Å²) in [5.74, 6) is -0.0469. The molecule has 1 atom stereocenters. The Morgan fingerprint density at radius 3 is 2.23 bits per heavy atom. The first-order valence-corrected chi connectivity index (χ1v) is 16.4. The van der Waals surface area contributed by atoms with Crippen LogP contribution in [0.4, 0.5) is 10.1 Å². The minimum Gasteiger partial charge on any atom is -0.486 e. The van der Waals surface area contributed by atoms with Crippen LogP contribution in [0.5, 0.6) is 11.5 Å². The highest BCUT2D eigenvalue weighted by Crippen LogP contribution is 2.35. The molecule has 0 aromatic heterocycles. The molecule has 0 spiro atoms. The molecule has 0 radical (unpaired) electrons. The van der Waals surface area contributed by atoms with Crippen molar-refractivity contribution < 1.29 is 31.9 Å². The van der Waals surface area contributed by atoms with Gasteiger partial charge in [-0.2, -0.15) is 0 Å². The third kappa shape index (κ3) is 9.19. The Hall–Kier alpha value is -4.12. The molecule has 0 saturated heterocycles. The Morgan fingerprint density at radius 1 is 0.932 bits per heavy atom. The van der Waals surface area contributed by atoms with Gasteiger partial charge < -0.3 is 19.7 Å². The lowest BCUT2D eigenvalue weighted by atomic mass is 10.00. The number of carbonyl (C=O) groups is 2. The van der Waals surface area contributed by atoms with Crippen LogP contribution in [-0.2, 0) is 32.6 Å². The molecule has 9 nitrogen and oxygen atoms in total. The molecule has 0 fully saturated rings. The Kier molecular flexibility index (Phi) is 10.5. The van der Waals surface area contributed by atoms with E-state index in [9.17, 15) is 22.4 Å². The van der Waals surface area contributed by atoms with Crippen molar-refractivity contribution in [3.8, 4) is 11.5 Å². The molecule has 1 aliphatic heterocycles.